The second-order valence-corrected chi connectivity index (χ2v) is 8.79. The molecule has 192 valence electrons. The molecule has 2 aromatic carbocycles. The van der Waals surface area contributed by atoms with Crippen molar-refractivity contribution < 1.29 is 9.53 Å². The van der Waals surface area contributed by atoms with Crippen molar-refractivity contribution in [2.24, 2.45) is 5.92 Å². The van der Waals surface area contributed by atoms with Gasteiger partial charge in [0.2, 0.25) is 5.82 Å². The number of rotatable bonds is 7. The van der Waals surface area contributed by atoms with Gasteiger partial charge in [-0.05, 0) is 48.2 Å². The molecule has 0 spiro atoms. The summed E-state index contributed by atoms with van der Waals surface area (Å²) in [5.41, 5.74) is 6.44. The summed E-state index contributed by atoms with van der Waals surface area (Å²) in [6.45, 7) is 11.8. The van der Waals surface area contributed by atoms with Crippen molar-refractivity contribution >= 4 is 40.4 Å². The number of nitrogens with zero attached hydrogens (tertiary/aromatic N) is 2. The van der Waals surface area contributed by atoms with E-state index in [4.69, 9.17) is 33.7 Å². The molecule has 0 saturated carbocycles. The van der Waals surface area contributed by atoms with Gasteiger partial charge < -0.3 is 10.5 Å². The Kier molecular flexibility index (Phi) is 10.1. The highest BCUT2D eigenvalue weighted by atomic mass is 35.5. The lowest BCUT2D eigenvalue weighted by Gasteiger charge is -2.15. The molecule has 3 aromatic rings. The molecule has 10 heteroatoms. The van der Waals surface area contributed by atoms with Crippen molar-refractivity contribution in [3.05, 3.63) is 78.4 Å². The number of nitrogens with two attached hydrogens (primary N) is 1. The van der Waals surface area contributed by atoms with Crippen LogP contribution >= 0.6 is 23.2 Å². The molecule has 0 amide bonds. The van der Waals surface area contributed by atoms with E-state index in [1.54, 1.807) is 12.1 Å². The lowest BCUT2D eigenvalue weighted by atomic mass is 9.93. The number of aryl methyl sites for hydroxylation is 1. The van der Waals surface area contributed by atoms with Gasteiger partial charge >= 0.3 is 5.69 Å². The third kappa shape index (κ3) is 6.65. The third-order valence-corrected chi connectivity index (χ3v) is 5.48. The summed E-state index contributed by atoms with van der Waals surface area (Å²) in [5.74, 6) is 0.423. The third-order valence-electron chi connectivity index (χ3n) is 4.92. The zero-order valence-electron chi connectivity index (χ0n) is 21.1. The minimum Gasteiger partial charge on any atom is -0.454 e. The maximum atomic E-state index is 12.6. The number of aromatic nitrogens is 3. The summed E-state index contributed by atoms with van der Waals surface area (Å²) in [6, 6.07) is 8.19. The largest absolute Gasteiger partial charge is 0.454 e. The van der Waals surface area contributed by atoms with Gasteiger partial charge in [-0.1, -0.05) is 70.0 Å². The maximum absolute atomic E-state index is 12.6. The number of H-pyrrole nitrogens is 1. The van der Waals surface area contributed by atoms with Crippen molar-refractivity contribution in [3.8, 4) is 17.2 Å². The van der Waals surface area contributed by atoms with E-state index in [0.29, 0.717) is 17.7 Å². The molecule has 1 heterocycles. The molecular formula is C26H30Cl2N4O4. The highest BCUT2D eigenvalue weighted by Gasteiger charge is 2.17. The van der Waals surface area contributed by atoms with Gasteiger partial charge in [0.05, 0.1) is 15.7 Å². The Morgan fingerprint density at radius 2 is 1.78 bits per heavy atom. The van der Waals surface area contributed by atoms with Crippen LogP contribution in [0, 0.1) is 12.8 Å². The number of carbonyl (C=O) groups is 1. The predicted molar refractivity (Wildman–Crippen MR) is 146 cm³/mol. The van der Waals surface area contributed by atoms with E-state index >= 15 is 0 Å². The molecule has 0 saturated heterocycles. The molecule has 3 N–H and O–H groups in total. The Balaban J connectivity index is 0.00000222. The molecule has 36 heavy (non-hydrogen) atoms. The van der Waals surface area contributed by atoms with Crippen LogP contribution in [0.15, 0.2) is 46.0 Å². The minimum atomic E-state index is -0.798. The van der Waals surface area contributed by atoms with Gasteiger partial charge in [0.15, 0.2) is 11.5 Å². The highest BCUT2D eigenvalue weighted by molar-refractivity contribution is 6.37. The van der Waals surface area contributed by atoms with E-state index in [1.165, 1.54) is 12.1 Å². The standard InChI is InChI=1S/C24H24Cl2N4O4.C2H6/c1-5-20(31)17(8-12(2)3)16-11-15(7-6-13(16)4)34-21-18(25)9-14(10-19(21)26)30-24(33)28-23(32)22(27)29-30;1-2/h6-12H,5H2,1-4H3,(H2,27,29)(H,28,32,33);1-2H3/b17-8-;. The van der Waals surface area contributed by atoms with Gasteiger partial charge in [0, 0.05) is 12.0 Å². The van der Waals surface area contributed by atoms with E-state index in [2.05, 4.69) is 10.1 Å². The van der Waals surface area contributed by atoms with Crippen molar-refractivity contribution in [2.45, 2.75) is 48.0 Å². The number of Topliss-reactive ketones (excluding diaryl/α,β-unsaturated/α-hetero) is 1. The lowest BCUT2D eigenvalue weighted by Crippen LogP contribution is -2.33. The molecule has 0 aliphatic carbocycles. The number of allylic oxidation sites excluding steroid dienone is 2. The van der Waals surface area contributed by atoms with Crippen LogP contribution in [0.2, 0.25) is 10.0 Å². The van der Waals surface area contributed by atoms with E-state index in [-0.39, 0.29) is 39.0 Å². The molecule has 0 fully saturated rings. The average Bonchev–Trinajstić information content (AvgIpc) is 2.83. The molecule has 0 bridgehead atoms. The molecule has 1 aromatic heterocycles. The molecule has 0 aliphatic heterocycles. The van der Waals surface area contributed by atoms with E-state index in [1.807, 2.05) is 53.7 Å². The van der Waals surface area contributed by atoms with Gasteiger partial charge in [-0.3, -0.25) is 14.6 Å². The molecular weight excluding hydrogens is 503 g/mol. The number of ether oxygens (including phenoxy) is 1. The zero-order chi connectivity index (χ0) is 27.2. The Bertz CT molecular complexity index is 1380. The van der Waals surface area contributed by atoms with Crippen LogP contribution in [0.4, 0.5) is 5.82 Å². The number of aromatic amines is 1. The Morgan fingerprint density at radius 3 is 2.33 bits per heavy atom. The quantitative estimate of drug-likeness (QED) is 0.362. The van der Waals surface area contributed by atoms with Crippen molar-refractivity contribution in [2.75, 3.05) is 5.73 Å². The zero-order valence-corrected chi connectivity index (χ0v) is 22.6. The van der Waals surface area contributed by atoms with E-state index < -0.39 is 11.2 Å². The number of halogens is 2. The van der Waals surface area contributed by atoms with E-state index in [0.717, 1.165) is 15.8 Å². The summed E-state index contributed by atoms with van der Waals surface area (Å²) in [7, 11) is 0. The number of anilines is 1. The Morgan fingerprint density at radius 1 is 1.17 bits per heavy atom. The molecule has 0 atom stereocenters. The first-order valence-corrected chi connectivity index (χ1v) is 12.3. The fourth-order valence-electron chi connectivity index (χ4n) is 3.28. The average molecular weight is 533 g/mol. The first kappa shape index (κ1) is 28.9. The van der Waals surface area contributed by atoms with Gasteiger partial charge in [-0.15, -0.1) is 5.10 Å². The molecule has 0 aliphatic rings. The van der Waals surface area contributed by atoms with Gasteiger partial charge in [-0.25, -0.2) is 4.79 Å². The van der Waals surface area contributed by atoms with Crippen molar-refractivity contribution in [1.29, 1.82) is 0 Å². The van der Waals surface area contributed by atoms with Gasteiger partial charge in [0.25, 0.3) is 5.56 Å². The number of benzene rings is 2. The summed E-state index contributed by atoms with van der Waals surface area (Å²) >= 11 is 12.8. The highest BCUT2D eigenvalue weighted by Crippen LogP contribution is 2.39. The second-order valence-electron chi connectivity index (χ2n) is 7.97. The number of hydrogen-bond donors (Lipinski definition) is 2. The Labute approximate surface area is 219 Å². The SMILES string of the molecule is CC.CCC(=O)/C(=C\C(C)C)c1cc(Oc2c(Cl)cc(-n3nc(N)c(=O)[nH]c3=O)cc2Cl)ccc1C. The first-order chi connectivity index (χ1) is 17.0. The van der Waals surface area contributed by atoms with E-state index in [9.17, 15) is 14.4 Å². The summed E-state index contributed by atoms with van der Waals surface area (Å²) in [6.07, 6.45) is 2.32. The molecule has 3 rings (SSSR count). The van der Waals surface area contributed by atoms with Crippen molar-refractivity contribution in [3.63, 3.8) is 0 Å². The minimum absolute atomic E-state index is 0.0347. The van der Waals surface area contributed by atoms with Crippen LogP contribution in [0.25, 0.3) is 11.3 Å². The summed E-state index contributed by atoms with van der Waals surface area (Å²) in [5, 5.41) is 3.97. The smallest absolute Gasteiger partial charge is 0.349 e. The monoisotopic (exact) mass is 532 g/mol. The topological polar surface area (TPSA) is 120 Å². The van der Waals surface area contributed by atoms with Crippen LogP contribution in [0.1, 0.15) is 52.2 Å². The van der Waals surface area contributed by atoms with Gasteiger partial charge in [0.1, 0.15) is 5.75 Å². The lowest BCUT2D eigenvalue weighted by molar-refractivity contribution is -0.113. The van der Waals surface area contributed by atoms with Crippen LogP contribution in [-0.4, -0.2) is 20.5 Å². The number of carbonyl (C=O) groups excluding carboxylic acids is 1. The number of nitrogens with one attached hydrogen (secondary N) is 1. The number of hydrogen-bond acceptors (Lipinski definition) is 6. The predicted octanol–water partition coefficient (Wildman–Crippen LogP) is 5.96. The van der Waals surface area contributed by atoms with Crippen LogP contribution in [-0.2, 0) is 4.79 Å². The van der Waals surface area contributed by atoms with Gasteiger partial charge in [-0.2, -0.15) is 4.68 Å². The fourth-order valence-corrected chi connectivity index (χ4v) is 3.84. The normalized spacial score (nSPS) is 11.2. The van der Waals surface area contributed by atoms with Crippen LogP contribution in [0.3, 0.4) is 0 Å². The molecule has 0 unspecified atom stereocenters. The Hall–Kier alpha value is -3.36. The fraction of sp³-hybridized carbons (Fsp3) is 0.308. The van der Waals surface area contributed by atoms with Crippen LogP contribution < -0.4 is 21.7 Å². The molecule has 8 nitrogen and oxygen atoms in total. The van der Waals surface area contributed by atoms with Crippen LogP contribution in [0.5, 0.6) is 11.5 Å². The second kappa shape index (κ2) is 12.6. The maximum Gasteiger partial charge on any atom is 0.349 e. The molecule has 0 radical (unpaired) electrons. The van der Waals surface area contributed by atoms with Crippen molar-refractivity contribution in [1.82, 2.24) is 14.8 Å². The number of nitrogen functional groups attached to an aromatic ring is 1. The number of ketones is 1. The first-order valence-electron chi connectivity index (χ1n) is 11.5. The summed E-state index contributed by atoms with van der Waals surface area (Å²) < 4.78 is 6.85. The summed E-state index contributed by atoms with van der Waals surface area (Å²) in [4.78, 5) is 38.3.